The second-order valence-corrected chi connectivity index (χ2v) is 8.93. The summed E-state index contributed by atoms with van der Waals surface area (Å²) in [6, 6.07) is 14.4. The minimum Gasteiger partial charge on any atom is -0.399 e. The highest BCUT2D eigenvalue weighted by atomic mass is 19.4. The molecule has 3 aromatic carbocycles. The Labute approximate surface area is 216 Å². The number of pyridine rings is 1. The number of methoxy groups -OCH3 is 1. The Morgan fingerprint density at radius 1 is 0.737 bits per heavy atom. The number of fused-ring (bicyclic) bond motifs is 1. The average molecular weight is 534 g/mol. The van der Waals surface area contributed by atoms with Crippen LogP contribution in [0.1, 0.15) is 27.9 Å². The summed E-state index contributed by atoms with van der Waals surface area (Å²) in [6.07, 6.45) is -0.973. The molecular formula is C29H25F6NO2. The first-order valence-electron chi connectivity index (χ1n) is 12.0. The minimum absolute atomic E-state index is 0.0257. The first-order valence-corrected chi connectivity index (χ1v) is 12.0. The van der Waals surface area contributed by atoms with Crippen LogP contribution in [0.4, 0.5) is 26.3 Å². The average Bonchev–Trinajstić information content (AvgIpc) is 2.88. The van der Waals surface area contributed by atoms with Gasteiger partial charge in [-0.15, -0.1) is 13.2 Å². The second kappa shape index (κ2) is 11.9. The molecule has 0 aliphatic rings. The zero-order valence-electron chi connectivity index (χ0n) is 20.5. The van der Waals surface area contributed by atoms with Crippen molar-refractivity contribution in [2.24, 2.45) is 0 Å². The lowest BCUT2D eigenvalue weighted by Crippen LogP contribution is -2.19. The van der Waals surface area contributed by atoms with Crippen LogP contribution in [-0.4, -0.2) is 25.1 Å². The van der Waals surface area contributed by atoms with E-state index >= 15 is 4.39 Å². The lowest BCUT2D eigenvalue weighted by molar-refractivity contribution is -0.276. The van der Waals surface area contributed by atoms with Gasteiger partial charge in [-0.3, -0.25) is 4.98 Å². The van der Waals surface area contributed by atoms with E-state index in [9.17, 15) is 22.0 Å². The highest BCUT2D eigenvalue weighted by molar-refractivity contribution is 5.84. The van der Waals surface area contributed by atoms with Crippen LogP contribution in [0.25, 0.3) is 10.8 Å². The first-order chi connectivity index (χ1) is 18.1. The van der Waals surface area contributed by atoms with Gasteiger partial charge < -0.3 is 9.47 Å². The zero-order valence-corrected chi connectivity index (χ0v) is 20.5. The molecule has 3 nitrogen and oxygen atoms in total. The summed E-state index contributed by atoms with van der Waals surface area (Å²) in [7, 11) is 1.66. The van der Waals surface area contributed by atoms with Gasteiger partial charge in [-0.25, -0.2) is 13.2 Å². The second-order valence-electron chi connectivity index (χ2n) is 8.93. The van der Waals surface area contributed by atoms with Gasteiger partial charge in [0.15, 0.2) is 11.6 Å². The third kappa shape index (κ3) is 7.04. The van der Waals surface area contributed by atoms with Crippen LogP contribution in [0, 0.1) is 17.5 Å². The molecule has 9 heteroatoms. The molecule has 0 aliphatic carbocycles. The highest BCUT2D eigenvalue weighted by Crippen LogP contribution is 2.30. The van der Waals surface area contributed by atoms with Crippen molar-refractivity contribution in [2.45, 2.75) is 38.5 Å². The number of aryl methyl sites for hydroxylation is 4. The van der Waals surface area contributed by atoms with Crippen molar-refractivity contribution in [3.8, 4) is 5.75 Å². The van der Waals surface area contributed by atoms with Crippen LogP contribution < -0.4 is 4.74 Å². The van der Waals surface area contributed by atoms with Crippen molar-refractivity contribution in [2.75, 3.05) is 13.7 Å². The third-order valence-corrected chi connectivity index (χ3v) is 6.21. The summed E-state index contributed by atoms with van der Waals surface area (Å²) in [4.78, 5) is 4.49. The van der Waals surface area contributed by atoms with Gasteiger partial charge in [-0.05, 0) is 77.9 Å². The molecule has 38 heavy (non-hydrogen) atoms. The van der Waals surface area contributed by atoms with E-state index in [2.05, 4.69) is 9.72 Å². The molecule has 0 atom stereocenters. The van der Waals surface area contributed by atoms with Gasteiger partial charge >= 0.3 is 6.36 Å². The number of ether oxygens (including phenoxy) is 2. The molecule has 0 spiro atoms. The van der Waals surface area contributed by atoms with E-state index in [1.165, 1.54) is 0 Å². The fraction of sp³-hybridized carbons (Fsp3) is 0.276. The molecule has 0 saturated heterocycles. The topological polar surface area (TPSA) is 31.4 Å². The first kappa shape index (κ1) is 27.4. The van der Waals surface area contributed by atoms with Crippen molar-refractivity contribution in [3.05, 3.63) is 106 Å². The summed E-state index contributed by atoms with van der Waals surface area (Å²) in [5.41, 5.74) is 3.51. The molecular weight excluding hydrogens is 508 g/mol. The van der Waals surface area contributed by atoms with Crippen molar-refractivity contribution in [1.82, 2.24) is 4.98 Å². The standard InChI is InChI=1S/C29H25F6NO2/c1-37-13-12-19-4-10-23(36-17-19)9-3-18-5-11-24-22(14-18)8-7-21(27(24)32)6-2-20-15-25(30)28(26(31)16-20)38-29(33,34)35/h4-5,7-8,10-11,14-17H,2-3,6,9,12-13H2,1H3. The number of hydrogen-bond donors (Lipinski definition) is 0. The van der Waals surface area contributed by atoms with Gasteiger partial charge in [0.1, 0.15) is 5.82 Å². The van der Waals surface area contributed by atoms with Gasteiger partial charge in [0.05, 0.1) is 6.61 Å². The molecule has 0 N–H and O–H groups in total. The van der Waals surface area contributed by atoms with Gasteiger partial charge in [0.25, 0.3) is 0 Å². The maximum absolute atomic E-state index is 15.2. The van der Waals surface area contributed by atoms with Crippen LogP contribution in [-0.2, 0) is 36.8 Å². The summed E-state index contributed by atoms with van der Waals surface area (Å²) in [6.45, 7) is 0.640. The maximum atomic E-state index is 15.2. The fourth-order valence-corrected chi connectivity index (χ4v) is 4.23. The molecule has 0 saturated carbocycles. The largest absolute Gasteiger partial charge is 0.573 e. The quantitative estimate of drug-likeness (QED) is 0.200. The maximum Gasteiger partial charge on any atom is 0.573 e. The number of alkyl halides is 3. The van der Waals surface area contributed by atoms with E-state index < -0.39 is 29.6 Å². The van der Waals surface area contributed by atoms with Crippen molar-refractivity contribution in [1.29, 1.82) is 0 Å². The third-order valence-electron chi connectivity index (χ3n) is 6.21. The van der Waals surface area contributed by atoms with Crippen molar-refractivity contribution in [3.63, 3.8) is 0 Å². The molecule has 4 rings (SSSR count). The van der Waals surface area contributed by atoms with Crippen LogP contribution in [0.5, 0.6) is 5.75 Å². The molecule has 0 amide bonds. The van der Waals surface area contributed by atoms with E-state index in [1.807, 2.05) is 30.5 Å². The Morgan fingerprint density at radius 3 is 2.11 bits per heavy atom. The number of aromatic nitrogens is 1. The van der Waals surface area contributed by atoms with Crippen LogP contribution in [0.3, 0.4) is 0 Å². The zero-order chi connectivity index (χ0) is 27.3. The lowest BCUT2D eigenvalue weighted by Gasteiger charge is -2.12. The number of nitrogens with zero attached hydrogens (tertiary/aromatic N) is 1. The van der Waals surface area contributed by atoms with E-state index in [1.54, 1.807) is 25.3 Å². The molecule has 0 radical (unpaired) electrons. The van der Waals surface area contributed by atoms with Crippen molar-refractivity contribution < 1.29 is 35.8 Å². The summed E-state index contributed by atoms with van der Waals surface area (Å²) in [5.74, 6) is -4.90. The van der Waals surface area contributed by atoms with Gasteiger partial charge in [-0.2, -0.15) is 0 Å². The molecule has 1 heterocycles. The van der Waals surface area contributed by atoms with E-state index in [0.717, 1.165) is 53.6 Å². The van der Waals surface area contributed by atoms with Crippen LogP contribution in [0.15, 0.2) is 60.8 Å². The Balaban J connectivity index is 1.41. The fourth-order valence-electron chi connectivity index (χ4n) is 4.23. The van der Waals surface area contributed by atoms with E-state index in [-0.39, 0.29) is 18.4 Å². The molecule has 4 aromatic rings. The van der Waals surface area contributed by atoms with E-state index in [0.29, 0.717) is 17.6 Å². The lowest BCUT2D eigenvalue weighted by atomic mass is 9.97. The number of halogens is 6. The monoisotopic (exact) mass is 533 g/mol. The predicted molar refractivity (Wildman–Crippen MR) is 132 cm³/mol. The number of hydrogen-bond acceptors (Lipinski definition) is 3. The number of rotatable bonds is 10. The highest BCUT2D eigenvalue weighted by Gasteiger charge is 2.34. The number of benzene rings is 3. The SMILES string of the molecule is COCCc1ccc(CCc2ccc3c(F)c(CCc4cc(F)c(OC(F)(F)F)c(F)c4)ccc3c2)nc1. The van der Waals surface area contributed by atoms with Gasteiger partial charge in [-0.1, -0.05) is 36.4 Å². The molecule has 1 aromatic heterocycles. The predicted octanol–water partition coefficient (Wildman–Crippen LogP) is 7.31. The molecule has 0 bridgehead atoms. The van der Waals surface area contributed by atoms with Crippen LogP contribution in [0.2, 0.25) is 0 Å². The Bertz CT molecular complexity index is 1380. The summed E-state index contributed by atoms with van der Waals surface area (Å²) < 4.78 is 88.6. The molecule has 200 valence electrons. The summed E-state index contributed by atoms with van der Waals surface area (Å²) >= 11 is 0. The molecule has 0 aliphatic heterocycles. The normalized spacial score (nSPS) is 11.8. The minimum atomic E-state index is -5.22. The summed E-state index contributed by atoms with van der Waals surface area (Å²) in [5, 5.41) is 1.13. The van der Waals surface area contributed by atoms with Gasteiger partial charge in [0.2, 0.25) is 5.75 Å². The Kier molecular flexibility index (Phi) is 8.56. The van der Waals surface area contributed by atoms with Crippen molar-refractivity contribution >= 4 is 10.8 Å². The van der Waals surface area contributed by atoms with Crippen LogP contribution >= 0.6 is 0 Å². The Hall–Kier alpha value is -3.59. The van der Waals surface area contributed by atoms with Gasteiger partial charge in [0, 0.05) is 24.4 Å². The smallest absolute Gasteiger partial charge is 0.399 e. The molecule has 0 fully saturated rings. The Morgan fingerprint density at radius 2 is 1.45 bits per heavy atom. The van der Waals surface area contributed by atoms with E-state index in [4.69, 9.17) is 4.74 Å². The molecule has 0 unspecified atom stereocenters.